The normalized spacial score (nSPS) is 17.2. The highest BCUT2D eigenvalue weighted by Gasteiger charge is 2.26. The summed E-state index contributed by atoms with van der Waals surface area (Å²) in [5.74, 6) is 0.129. The van der Waals surface area contributed by atoms with Gasteiger partial charge in [-0.3, -0.25) is 4.79 Å². The molecule has 1 aliphatic heterocycles. The van der Waals surface area contributed by atoms with Crippen LogP contribution in [0.3, 0.4) is 0 Å². The Morgan fingerprint density at radius 2 is 2.00 bits per heavy atom. The molecule has 13 heavy (non-hydrogen) atoms. The van der Waals surface area contributed by atoms with Gasteiger partial charge in [-0.1, -0.05) is 0 Å². The Hall–Kier alpha value is -1.04. The maximum Gasteiger partial charge on any atom is 0.224 e. The van der Waals surface area contributed by atoms with Crippen molar-refractivity contribution in [2.45, 2.75) is 33.1 Å². The second-order valence-electron chi connectivity index (χ2n) is 4.26. The maximum atomic E-state index is 11.6. The summed E-state index contributed by atoms with van der Waals surface area (Å²) in [7, 11) is 0. The van der Waals surface area contributed by atoms with E-state index < -0.39 is 5.41 Å². The van der Waals surface area contributed by atoms with Crippen LogP contribution in [0.25, 0.3) is 0 Å². The van der Waals surface area contributed by atoms with E-state index >= 15 is 0 Å². The Labute approximate surface area is 79.3 Å². The number of amides is 1. The largest absolute Gasteiger partial charge is 0.343 e. The predicted molar refractivity (Wildman–Crippen MR) is 49.8 cm³/mol. The summed E-state index contributed by atoms with van der Waals surface area (Å²) in [6.45, 7) is 5.36. The summed E-state index contributed by atoms with van der Waals surface area (Å²) in [6.07, 6.45) is 2.57. The molecule has 1 rings (SSSR count). The first-order chi connectivity index (χ1) is 6.05. The van der Waals surface area contributed by atoms with Crippen molar-refractivity contribution in [3.63, 3.8) is 0 Å². The molecule has 1 aliphatic rings. The molecule has 3 nitrogen and oxygen atoms in total. The highest BCUT2D eigenvalue weighted by molar-refractivity contribution is 5.77. The molecular formula is C10H16N2O. The Morgan fingerprint density at radius 1 is 1.46 bits per heavy atom. The molecule has 1 saturated heterocycles. The first kappa shape index (κ1) is 10.0. The monoisotopic (exact) mass is 180 g/mol. The third-order valence-corrected chi connectivity index (χ3v) is 2.35. The highest BCUT2D eigenvalue weighted by Crippen LogP contribution is 2.21. The van der Waals surface area contributed by atoms with Crippen LogP contribution in [-0.2, 0) is 4.79 Å². The summed E-state index contributed by atoms with van der Waals surface area (Å²) >= 11 is 0. The first-order valence-corrected chi connectivity index (χ1v) is 4.74. The van der Waals surface area contributed by atoms with Crippen LogP contribution in [-0.4, -0.2) is 23.9 Å². The number of carbonyl (C=O) groups excluding carboxylic acids is 1. The molecule has 0 unspecified atom stereocenters. The van der Waals surface area contributed by atoms with Crippen molar-refractivity contribution in [2.75, 3.05) is 13.1 Å². The lowest BCUT2D eigenvalue weighted by atomic mass is 9.91. The van der Waals surface area contributed by atoms with Crippen LogP contribution in [0, 0.1) is 16.7 Å². The molecule has 0 aliphatic carbocycles. The third kappa shape index (κ3) is 2.73. The summed E-state index contributed by atoms with van der Waals surface area (Å²) in [4.78, 5) is 13.5. The van der Waals surface area contributed by atoms with E-state index in [9.17, 15) is 4.79 Å². The molecular weight excluding hydrogens is 164 g/mol. The van der Waals surface area contributed by atoms with E-state index in [1.807, 2.05) is 4.90 Å². The number of likely N-dealkylation sites (tertiary alicyclic amines) is 1. The summed E-state index contributed by atoms with van der Waals surface area (Å²) in [6, 6.07) is 2.15. The Bertz CT molecular complexity index is 234. The van der Waals surface area contributed by atoms with Gasteiger partial charge in [-0.2, -0.15) is 5.26 Å². The van der Waals surface area contributed by atoms with Gasteiger partial charge in [0.2, 0.25) is 5.91 Å². The fourth-order valence-electron chi connectivity index (χ4n) is 1.50. The average molecular weight is 180 g/mol. The zero-order valence-corrected chi connectivity index (χ0v) is 8.34. The van der Waals surface area contributed by atoms with Gasteiger partial charge in [-0.25, -0.2) is 0 Å². The summed E-state index contributed by atoms with van der Waals surface area (Å²) in [5, 5.41) is 8.76. The van der Waals surface area contributed by atoms with Gasteiger partial charge >= 0.3 is 0 Å². The van der Waals surface area contributed by atoms with E-state index in [4.69, 9.17) is 5.26 Å². The van der Waals surface area contributed by atoms with Gasteiger partial charge in [0.1, 0.15) is 0 Å². The van der Waals surface area contributed by atoms with Crippen molar-refractivity contribution in [2.24, 2.45) is 5.41 Å². The van der Waals surface area contributed by atoms with Crippen molar-refractivity contribution in [3.8, 4) is 6.07 Å². The fourth-order valence-corrected chi connectivity index (χ4v) is 1.50. The van der Waals surface area contributed by atoms with Gasteiger partial charge in [-0.05, 0) is 26.7 Å². The lowest BCUT2D eigenvalue weighted by Gasteiger charge is -2.20. The Kier molecular flexibility index (Phi) is 2.92. The highest BCUT2D eigenvalue weighted by atomic mass is 16.2. The van der Waals surface area contributed by atoms with E-state index in [2.05, 4.69) is 6.07 Å². The van der Waals surface area contributed by atoms with Crippen LogP contribution >= 0.6 is 0 Å². The lowest BCUT2D eigenvalue weighted by molar-refractivity contribution is -0.131. The molecule has 1 fully saturated rings. The molecule has 0 aromatic carbocycles. The third-order valence-electron chi connectivity index (χ3n) is 2.35. The SMILES string of the molecule is CC(C)(C#N)CC(=O)N1CCCC1. The zero-order valence-electron chi connectivity index (χ0n) is 8.34. The number of nitrogens with zero attached hydrogens (tertiary/aromatic N) is 2. The number of carbonyl (C=O) groups is 1. The van der Waals surface area contributed by atoms with Crippen LogP contribution in [0.1, 0.15) is 33.1 Å². The minimum Gasteiger partial charge on any atom is -0.343 e. The zero-order chi connectivity index (χ0) is 9.90. The van der Waals surface area contributed by atoms with E-state index in [0.29, 0.717) is 6.42 Å². The van der Waals surface area contributed by atoms with Crippen LogP contribution < -0.4 is 0 Å². The number of hydrogen-bond acceptors (Lipinski definition) is 2. The van der Waals surface area contributed by atoms with Gasteiger partial charge in [0, 0.05) is 19.5 Å². The number of nitriles is 1. The van der Waals surface area contributed by atoms with Crippen molar-refractivity contribution in [3.05, 3.63) is 0 Å². The molecule has 0 spiro atoms. The van der Waals surface area contributed by atoms with Crippen LogP contribution in [0.15, 0.2) is 0 Å². The molecule has 1 heterocycles. The Balaban J connectivity index is 2.45. The van der Waals surface area contributed by atoms with Crippen molar-refractivity contribution >= 4 is 5.91 Å². The summed E-state index contributed by atoms with van der Waals surface area (Å²) < 4.78 is 0. The second-order valence-corrected chi connectivity index (χ2v) is 4.26. The van der Waals surface area contributed by atoms with Crippen LogP contribution in [0.2, 0.25) is 0 Å². The minimum atomic E-state index is -0.514. The van der Waals surface area contributed by atoms with Crippen molar-refractivity contribution < 1.29 is 4.79 Å². The molecule has 0 aromatic heterocycles. The average Bonchev–Trinajstić information content (AvgIpc) is 2.55. The van der Waals surface area contributed by atoms with E-state index in [1.54, 1.807) is 13.8 Å². The molecule has 0 radical (unpaired) electrons. The molecule has 72 valence electrons. The quantitative estimate of drug-likeness (QED) is 0.647. The van der Waals surface area contributed by atoms with E-state index in [0.717, 1.165) is 25.9 Å². The predicted octanol–water partition coefficient (Wildman–Crippen LogP) is 1.55. The number of rotatable bonds is 2. The first-order valence-electron chi connectivity index (χ1n) is 4.74. The lowest BCUT2D eigenvalue weighted by Crippen LogP contribution is -2.31. The van der Waals surface area contributed by atoms with Crippen LogP contribution in [0.5, 0.6) is 0 Å². The molecule has 0 bridgehead atoms. The Morgan fingerprint density at radius 3 is 2.46 bits per heavy atom. The van der Waals surface area contributed by atoms with Gasteiger partial charge in [0.05, 0.1) is 11.5 Å². The van der Waals surface area contributed by atoms with Gasteiger partial charge in [-0.15, -0.1) is 0 Å². The molecule has 0 atom stereocenters. The van der Waals surface area contributed by atoms with Gasteiger partial charge < -0.3 is 4.90 Å². The number of hydrogen-bond donors (Lipinski definition) is 0. The second kappa shape index (κ2) is 3.78. The maximum absolute atomic E-state index is 11.6. The van der Waals surface area contributed by atoms with E-state index in [-0.39, 0.29) is 5.91 Å². The fraction of sp³-hybridized carbons (Fsp3) is 0.800. The van der Waals surface area contributed by atoms with Gasteiger partial charge in [0.25, 0.3) is 0 Å². The van der Waals surface area contributed by atoms with Gasteiger partial charge in [0.15, 0.2) is 0 Å². The van der Waals surface area contributed by atoms with Crippen molar-refractivity contribution in [1.82, 2.24) is 4.90 Å². The molecule has 0 aromatic rings. The van der Waals surface area contributed by atoms with Crippen molar-refractivity contribution in [1.29, 1.82) is 5.26 Å². The molecule has 1 amide bonds. The molecule has 3 heteroatoms. The molecule has 0 N–H and O–H groups in total. The molecule has 0 saturated carbocycles. The smallest absolute Gasteiger partial charge is 0.224 e. The summed E-state index contributed by atoms with van der Waals surface area (Å²) in [5.41, 5.74) is -0.514. The van der Waals surface area contributed by atoms with Crippen LogP contribution in [0.4, 0.5) is 0 Å². The standard InChI is InChI=1S/C10H16N2O/c1-10(2,8-11)7-9(13)12-5-3-4-6-12/h3-7H2,1-2H3. The topological polar surface area (TPSA) is 44.1 Å². The van der Waals surface area contributed by atoms with E-state index in [1.165, 1.54) is 0 Å². The minimum absolute atomic E-state index is 0.129.